The average molecular weight is 385 g/mol. The summed E-state index contributed by atoms with van der Waals surface area (Å²) >= 11 is 0. The summed E-state index contributed by atoms with van der Waals surface area (Å²) in [7, 11) is 0. The number of hydrogen-bond acceptors (Lipinski definition) is 5. The number of benzene rings is 1. The fraction of sp³-hybridized carbons (Fsp3) is 0.273. The van der Waals surface area contributed by atoms with Gasteiger partial charge < -0.3 is 10.6 Å². The normalized spacial score (nSPS) is 14.3. The van der Waals surface area contributed by atoms with Gasteiger partial charge in [-0.3, -0.25) is 4.90 Å². The highest BCUT2D eigenvalue weighted by molar-refractivity contribution is 5.64. The predicted molar refractivity (Wildman–Crippen MR) is 109 cm³/mol. The van der Waals surface area contributed by atoms with E-state index < -0.39 is 0 Å². The summed E-state index contributed by atoms with van der Waals surface area (Å²) in [5.41, 5.74) is 8.12. The number of aromatic nitrogens is 1. The number of aromatic amines is 1. The van der Waals surface area contributed by atoms with Crippen LogP contribution in [0.25, 0.3) is 6.08 Å². The Balaban J connectivity index is 1.71. The standard InChI is InChI=1S/C22H21N7/c23-9-8-18-19(15-24)21(26)27-22(20(18)16-25)29-13-11-28(12-14-29)10-4-7-17-5-2-1-3-6-17/h1-7H,8,10-14H2,(H2,26,27)/p+2/b7-4+. The highest BCUT2D eigenvalue weighted by Crippen LogP contribution is 2.24. The number of rotatable bonds is 5. The van der Waals surface area contributed by atoms with Gasteiger partial charge in [0.1, 0.15) is 49.4 Å². The van der Waals surface area contributed by atoms with Crippen molar-refractivity contribution in [1.29, 1.82) is 15.8 Å². The van der Waals surface area contributed by atoms with Crippen LogP contribution in [0.4, 0.5) is 11.6 Å². The van der Waals surface area contributed by atoms with Crippen molar-refractivity contribution < 1.29 is 9.88 Å². The lowest BCUT2D eigenvalue weighted by Gasteiger charge is -2.30. The lowest BCUT2D eigenvalue weighted by molar-refractivity contribution is -0.894. The fourth-order valence-electron chi connectivity index (χ4n) is 3.60. The van der Waals surface area contributed by atoms with Crippen molar-refractivity contribution in [2.75, 3.05) is 43.4 Å². The number of H-pyrrole nitrogens is 1. The molecule has 3 rings (SSSR count). The largest absolute Gasteiger partial charge is 0.326 e. The molecule has 0 bridgehead atoms. The number of nitrogen functional groups attached to an aromatic ring is 1. The summed E-state index contributed by atoms with van der Waals surface area (Å²) in [4.78, 5) is 6.57. The van der Waals surface area contributed by atoms with Crippen LogP contribution >= 0.6 is 0 Å². The Labute approximate surface area is 170 Å². The molecule has 144 valence electrons. The zero-order valence-corrected chi connectivity index (χ0v) is 16.2. The first-order valence-corrected chi connectivity index (χ1v) is 9.52. The number of nitriles is 3. The topological polar surface area (TPSA) is 119 Å². The van der Waals surface area contributed by atoms with E-state index in [9.17, 15) is 10.5 Å². The smallest absolute Gasteiger partial charge is 0.240 e. The van der Waals surface area contributed by atoms with Crippen LogP contribution in [0.1, 0.15) is 22.3 Å². The molecule has 1 aromatic heterocycles. The zero-order valence-electron chi connectivity index (χ0n) is 16.2. The molecule has 1 aliphatic heterocycles. The van der Waals surface area contributed by atoms with Gasteiger partial charge in [0.15, 0.2) is 0 Å². The van der Waals surface area contributed by atoms with Gasteiger partial charge in [-0.05, 0) is 11.6 Å². The molecule has 2 heterocycles. The fourth-order valence-corrected chi connectivity index (χ4v) is 3.60. The van der Waals surface area contributed by atoms with Crippen molar-refractivity contribution in [3.63, 3.8) is 0 Å². The maximum atomic E-state index is 9.67. The van der Waals surface area contributed by atoms with Gasteiger partial charge >= 0.3 is 0 Å². The van der Waals surface area contributed by atoms with Gasteiger partial charge in [0.2, 0.25) is 11.6 Å². The van der Waals surface area contributed by atoms with E-state index in [1.807, 2.05) is 30.3 Å². The van der Waals surface area contributed by atoms with Gasteiger partial charge in [0, 0.05) is 5.56 Å². The molecule has 0 atom stereocenters. The van der Waals surface area contributed by atoms with Crippen LogP contribution < -0.4 is 20.5 Å². The minimum Gasteiger partial charge on any atom is -0.326 e. The number of anilines is 2. The Kier molecular flexibility index (Phi) is 6.43. The molecule has 1 aromatic carbocycles. The van der Waals surface area contributed by atoms with Crippen LogP contribution in [0.5, 0.6) is 0 Å². The van der Waals surface area contributed by atoms with E-state index in [2.05, 4.69) is 40.2 Å². The van der Waals surface area contributed by atoms with Gasteiger partial charge in [-0.2, -0.15) is 15.8 Å². The van der Waals surface area contributed by atoms with E-state index >= 15 is 0 Å². The second-order valence-electron chi connectivity index (χ2n) is 6.93. The van der Waals surface area contributed by atoms with E-state index in [-0.39, 0.29) is 17.8 Å². The molecule has 7 heteroatoms. The first-order valence-electron chi connectivity index (χ1n) is 9.52. The first-order chi connectivity index (χ1) is 14.2. The SMILES string of the molecule is N#CCc1c(C#N)c(N)[nH+]c(N2CC[NH+](C/C=C/c3ccccc3)CC2)c1C#N. The summed E-state index contributed by atoms with van der Waals surface area (Å²) in [6, 6.07) is 16.4. The van der Waals surface area contributed by atoms with E-state index in [1.54, 1.807) is 0 Å². The summed E-state index contributed by atoms with van der Waals surface area (Å²) in [5, 5.41) is 28.1. The Morgan fingerprint density at radius 2 is 1.76 bits per heavy atom. The Hall–Kier alpha value is -3.86. The third-order valence-electron chi connectivity index (χ3n) is 5.15. The van der Waals surface area contributed by atoms with E-state index in [0.29, 0.717) is 16.9 Å². The zero-order chi connectivity index (χ0) is 20.6. The number of quaternary nitrogens is 1. The van der Waals surface area contributed by atoms with Gasteiger partial charge in [0.25, 0.3) is 0 Å². The lowest BCUT2D eigenvalue weighted by Crippen LogP contribution is -3.14. The molecular formula is C22H23N7+2. The molecule has 1 saturated heterocycles. The van der Waals surface area contributed by atoms with Crippen molar-refractivity contribution in [3.05, 3.63) is 58.7 Å². The number of hydrogen-bond donors (Lipinski definition) is 2. The van der Waals surface area contributed by atoms with Crippen molar-refractivity contribution in [1.82, 2.24) is 0 Å². The van der Waals surface area contributed by atoms with Crippen LogP contribution in [0.2, 0.25) is 0 Å². The molecule has 0 spiro atoms. The lowest BCUT2D eigenvalue weighted by atomic mass is 10.0. The third kappa shape index (κ3) is 4.52. The maximum absolute atomic E-state index is 9.67. The van der Waals surface area contributed by atoms with Crippen LogP contribution in [0, 0.1) is 34.0 Å². The minimum absolute atomic E-state index is 0.0207. The molecule has 1 fully saturated rings. The molecular weight excluding hydrogens is 362 g/mol. The molecule has 29 heavy (non-hydrogen) atoms. The van der Waals surface area contributed by atoms with E-state index in [1.165, 1.54) is 10.5 Å². The molecule has 1 aliphatic rings. The van der Waals surface area contributed by atoms with Gasteiger partial charge in [-0.25, -0.2) is 4.98 Å². The van der Waals surface area contributed by atoms with Gasteiger partial charge in [-0.1, -0.05) is 36.4 Å². The first kappa shape index (κ1) is 19.9. The quantitative estimate of drug-likeness (QED) is 0.768. The summed E-state index contributed by atoms with van der Waals surface area (Å²) in [6.07, 6.45) is 4.31. The van der Waals surface area contributed by atoms with Crippen LogP contribution in [0.15, 0.2) is 36.4 Å². The molecule has 0 saturated carbocycles. The molecule has 7 nitrogen and oxygen atoms in total. The monoisotopic (exact) mass is 385 g/mol. The molecule has 2 aromatic rings. The van der Waals surface area contributed by atoms with Crippen molar-refractivity contribution in [3.8, 4) is 18.2 Å². The number of nitrogens with zero attached hydrogens (tertiary/aromatic N) is 4. The second-order valence-corrected chi connectivity index (χ2v) is 6.93. The number of piperazine rings is 1. The molecule has 4 N–H and O–H groups in total. The van der Waals surface area contributed by atoms with Gasteiger partial charge in [0.05, 0.1) is 19.0 Å². The number of nitrogens with one attached hydrogen (secondary N) is 2. The number of pyridine rings is 1. The summed E-state index contributed by atoms with van der Waals surface area (Å²) in [5.74, 6) is 0.806. The van der Waals surface area contributed by atoms with Crippen LogP contribution in [-0.2, 0) is 6.42 Å². The van der Waals surface area contributed by atoms with Crippen molar-refractivity contribution >= 4 is 17.7 Å². The minimum atomic E-state index is -0.0207. The second kappa shape index (κ2) is 9.37. The maximum Gasteiger partial charge on any atom is 0.240 e. The Morgan fingerprint density at radius 1 is 1.07 bits per heavy atom. The highest BCUT2D eigenvalue weighted by Gasteiger charge is 2.30. The van der Waals surface area contributed by atoms with Crippen LogP contribution in [-0.4, -0.2) is 32.7 Å². The van der Waals surface area contributed by atoms with E-state index in [4.69, 9.17) is 11.0 Å². The summed E-state index contributed by atoms with van der Waals surface area (Å²) in [6.45, 7) is 4.30. The molecule has 0 aliphatic carbocycles. The van der Waals surface area contributed by atoms with Gasteiger partial charge in [-0.15, -0.1) is 0 Å². The third-order valence-corrected chi connectivity index (χ3v) is 5.15. The highest BCUT2D eigenvalue weighted by atomic mass is 15.3. The Bertz CT molecular complexity index is 1010. The molecule has 0 amide bonds. The van der Waals surface area contributed by atoms with E-state index in [0.717, 1.165) is 32.7 Å². The number of nitrogens with two attached hydrogens (primary N) is 1. The average Bonchev–Trinajstić information content (AvgIpc) is 2.75. The summed E-state index contributed by atoms with van der Waals surface area (Å²) < 4.78 is 0. The van der Waals surface area contributed by atoms with Crippen LogP contribution in [0.3, 0.4) is 0 Å². The van der Waals surface area contributed by atoms with Crippen molar-refractivity contribution in [2.45, 2.75) is 6.42 Å². The molecule has 0 radical (unpaired) electrons. The van der Waals surface area contributed by atoms with Crippen molar-refractivity contribution in [2.24, 2.45) is 0 Å². The molecule has 0 unspecified atom stereocenters. The predicted octanol–water partition coefficient (Wildman–Crippen LogP) is 0.311. The Morgan fingerprint density at radius 3 is 2.38 bits per heavy atom.